The zero-order chi connectivity index (χ0) is 15.5. The normalized spacial score (nSPS) is 11.1. The second-order valence-electron chi connectivity index (χ2n) is 4.51. The third kappa shape index (κ3) is 2.73. The van der Waals surface area contributed by atoms with Gasteiger partial charge in [0.1, 0.15) is 5.75 Å². The first kappa shape index (κ1) is 13.6. The Kier molecular flexibility index (Phi) is 3.45. The first-order valence-corrected chi connectivity index (χ1v) is 6.39. The first-order valence-electron chi connectivity index (χ1n) is 6.39. The molecule has 3 aromatic rings. The van der Waals surface area contributed by atoms with Gasteiger partial charge in [0.15, 0.2) is 17.3 Å². The summed E-state index contributed by atoms with van der Waals surface area (Å²) in [5, 5.41) is 32.2. The molecule has 0 spiro atoms. The van der Waals surface area contributed by atoms with Crippen molar-refractivity contribution in [2.75, 3.05) is 5.43 Å². The summed E-state index contributed by atoms with van der Waals surface area (Å²) in [7, 11) is 0. The molecular weight excluding hydrogens is 284 g/mol. The summed E-state index contributed by atoms with van der Waals surface area (Å²) >= 11 is 0. The SMILES string of the molecule is Oc1cc(O)c(/C=N/Nc2cnc3ccccc3n2)cc1O. The van der Waals surface area contributed by atoms with Gasteiger partial charge in [-0.1, -0.05) is 12.1 Å². The quantitative estimate of drug-likeness (QED) is 0.255. The van der Waals surface area contributed by atoms with E-state index in [-0.39, 0.29) is 17.1 Å². The standard InChI is InChI=1S/C15H12N4O3/c20-12-6-14(22)13(21)5-9(12)7-17-19-15-8-16-10-3-1-2-4-11(10)18-15/h1-8,20-22H,(H,18,19)/b17-7+. The molecule has 0 aliphatic heterocycles. The molecular formula is C15H12N4O3. The fourth-order valence-corrected chi connectivity index (χ4v) is 1.86. The first-order chi connectivity index (χ1) is 10.6. The number of fused-ring (bicyclic) bond motifs is 1. The van der Waals surface area contributed by atoms with Crippen molar-refractivity contribution in [2.45, 2.75) is 0 Å². The molecule has 0 aliphatic carbocycles. The number of para-hydroxylation sites is 2. The van der Waals surface area contributed by atoms with Crippen molar-refractivity contribution >= 4 is 23.1 Å². The van der Waals surface area contributed by atoms with E-state index >= 15 is 0 Å². The fourth-order valence-electron chi connectivity index (χ4n) is 1.86. The fraction of sp³-hybridized carbons (Fsp3) is 0. The number of hydrazone groups is 1. The number of phenols is 3. The van der Waals surface area contributed by atoms with Crippen LogP contribution in [0.1, 0.15) is 5.56 Å². The van der Waals surface area contributed by atoms with E-state index in [1.807, 2.05) is 24.3 Å². The number of nitrogens with zero attached hydrogens (tertiary/aromatic N) is 3. The highest BCUT2D eigenvalue weighted by Crippen LogP contribution is 2.31. The zero-order valence-corrected chi connectivity index (χ0v) is 11.3. The van der Waals surface area contributed by atoms with Gasteiger partial charge in [-0.2, -0.15) is 5.10 Å². The minimum atomic E-state index is -0.400. The summed E-state index contributed by atoms with van der Waals surface area (Å²) in [5.41, 5.74) is 4.44. The van der Waals surface area contributed by atoms with E-state index in [0.717, 1.165) is 17.1 Å². The second-order valence-corrected chi connectivity index (χ2v) is 4.51. The third-order valence-electron chi connectivity index (χ3n) is 2.96. The average molecular weight is 296 g/mol. The smallest absolute Gasteiger partial charge is 0.165 e. The maximum Gasteiger partial charge on any atom is 0.165 e. The molecule has 0 bridgehead atoms. The van der Waals surface area contributed by atoms with E-state index in [9.17, 15) is 15.3 Å². The molecule has 4 N–H and O–H groups in total. The number of rotatable bonds is 3. The van der Waals surface area contributed by atoms with Crippen LogP contribution in [0.2, 0.25) is 0 Å². The van der Waals surface area contributed by atoms with Crippen LogP contribution >= 0.6 is 0 Å². The lowest BCUT2D eigenvalue weighted by Gasteiger charge is -2.03. The minimum absolute atomic E-state index is 0.203. The summed E-state index contributed by atoms with van der Waals surface area (Å²) in [6.45, 7) is 0. The van der Waals surface area contributed by atoms with Gasteiger partial charge in [0.05, 0.1) is 23.4 Å². The van der Waals surface area contributed by atoms with E-state index in [0.29, 0.717) is 5.82 Å². The Bertz CT molecular complexity index is 865. The molecule has 110 valence electrons. The maximum atomic E-state index is 9.64. The van der Waals surface area contributed by atoms with Crippen molar-refractivity contribution in [3.05, 3.63) is 48.2 Å². The van der Waals surface area contributed by atoms with Crippen LogP contribution in [0.5, 0.6) is 17.2 Å². The van der Waals surface area contributed by atoms with Gasteiger partial charge in [-0.15, -0.1) is 0 Å². The highest BCUT2D eigenvalue weighted by atomic mass is 16.3. The molecule has 7 nitrogen and oxygen atoms in total. The van der Waals surface area contributed by atoms with Gasteiger partial charge in [-0.3, -0.25) is 10.4 Å². The number of hydrogen-bond donors (Lipinski definition) is 4. The molecule has 1 heterocycles. The Hall–Kier alpha value is -3.35. The number of anilines is 1. The van der Waals surface area contributed by atoms with Crippen LogP contribution in [0.4, 0.5) is 5.82 Å². The van der Waals surface area contributed by atoms with Gasteiger partial charge in [-0.05, 0) is 18.2 Å². The van der Waals surface area contributed by atoms with E-state index in [1.165, 1.54) is 18.5 Å². The number of phenolic OH excluding ortho intramolecular Hbond substituents is 3. The van der Waals surface area contributed by atoms with E-state index in [2.05, 4.69) is 20.5 Å². The zero-order valence-electron chi connectivity index (χ0n) is 11.3. The Balaban J connectivity index is 1.80. The summed E-state index contributed by atoms with van der Waals surface area (Å²) in [5.74, 6) is -0.504. The predicted molar refractivity (Wildman–Crippen MR) is 82.2 cm³/mol. The lowest BCUT2D eigenvalue weighted by Crippen LogP contribution is -1.95. The molecule has 0 saturated carbocycles. The van der Waals surface area contributed by atoms with Gasteiger partial charge in [0.2, 0.25) is 0 Å². The predicted octanol–water partition coefficient (Wildman–Crippen LogP) is 2.19. The van der Waals surface area contributed by atoms with Crippen molar-refractivity contribution in [3.63, 3.8) is 0 Å². The van der Waals surface area contributed by atoms with Gasteiger partial charge in [0.25, 0.3) is 0 Å². The molecule has 0 radical (unpaired) electrons. The van der Waals surface area contributed by atoms with Crippen LogP contribution in [-0.4, -0.2) is 31.5 Å². The monoisotopic (exact) mass is 296 g/mol. The topological polar surface area (TPSA) is 111 Å². The van der Waals surface area contributed by atoms with Crippen LogP contribution in [-0.2, 0) is 0 Å². The minimum Gasteiger partial charge on any atom is -0.507 e. The van der Waals surface area contributed by atoms with Crippen molar-refractivity contribution < 1.29 is 15.3 Å². The lowest BCUT2D eigenvalue weighted by molar-refractivity contribution is 0.396. The second kappa shape index (κ2) is 5.57. The van der Waals surface area contributed by atoms with Gasteiger partial charge in [-0.25, -0.2) is 4.98 Å². The van der Waals surface area contributed by atoms with Gasteiger partial charge >= 0.3 is 0 Å². The summed E-state index contributed by atoms with van der Waals surface area (Å²) in [6.07, 6.45) is 2.83. The Morgan fingerprint density at radius 2 is 1.68 bits per heavy atom. The lowest BCUT2D eigenvalue weighted by atomic mass is 10.2. The Labute approximate surface area is 125 Å². The molecule has 0 atom stereocenters. The van der Waals surface area contributed by atoms with Gasteiger partial charge in [0, 0.05) is 11.6 Å². The molecule has 2 aromatic carbocycles. The molecule has 0 saturated heterocycles. The largest absolute Gasteiger partial charge is 0.507 e. The van der Waals surface area contributed by atoms with Crippen molar-refractivity contribution in [1.82, 2.24) is 9.97 Å². The van der Waals surface area contributed by atoms with Crippen LogP contribution in [0.15, 0.2) is 47.7 Å². The molecule has 0 fully saturated rings. The van der Waals surface area contributed by atoms with Crippen LogP contribution in [0.25, 0.3) is 11.0 Å². The molecule has 0 unspecified atom stereocenters. The molecule has 0 aliphatic rings. The summed E-state index contributed by atoms with van der Waals surface area (Å²) < 4.78 is 0. The number of hydrogen-bond acceptors (Lipinski definition) is 7. The Morgan fingerprint density at radius 3 is 2.50 bits per heavy atom. The van der Waals surface area contributed by atoms with Crippen LogP contribution in [0.3, 0.4) is 0 Å². The third-order valence-corrected chi connectivity index (χ3v) is 2.96. The van der Waals surface area contributed by atoms with Crippen LogP contribution in [0, 0.1) is 0 Å². The highest BCUT2D eigenvalue weighted by molar-refractivity contribution is 5.85. The van der Waals surface area contributed by atoms with E-state index in [1.54, 1.807) is 0 Å². The van der Waals surface area contributed by atoms with Crippen molar-refractivity contribution in [1.29, 1.82) is 0 Å². The highest BCUT2D eigenvalue weighted by Gasteiger charge is 2.05. The Morgan fingerprint density at radius 1 is 0.955 bits per heavy atom. The summed E-state index contributed by atoms with van der Waals surface area (Å²) in [6, 6.07) is 9.66. The molecule has 1 aromatic heterocycles. The summed E-state index contributed by atoms with van der Waals surface area (Å²) in [4.78, 5) is 8.55. The molecule has 22 heavy (non-hydrogen) atoms. The number of aromatic nitrogens is 2. The number of benzene rings is 2. The van der Waals surface area contributed by atoms with Crippen molar-refractivity contribution in [2.24, 2.45) is 5.10 Å². The van der Waals surface area contributed by atoms with E-state index in [4.69, 9.17) is 0 Å². The molecule has 7 heteroatoms. The maximum absolute atomic E-state index is 9.64. The van der Waals surface area contributed by atoms with E-state index < -0.39 is 5.75 Å². The number of nitrogens with one attached hydrogen (secondary N) is 1. The van der Waals surface area contributed by atoms with Gasteiger partial charge < -0.3 is 15.3 Å². The number of aromatic hydroxyl groups is 3. The van der Waals surface area contributed by atoms with Crippen LogP contribution < -0.4 is 5.43 Å². The molecule has 3 rings (SSSR count). The average Bonchev–Trinajstić information content (AvgIpc) is 2.52. The van der Waals surface area contributed by atoms with Crippen molar-refractivity contribution in [3.8, 4) is 17.2 Å². The molecule has 0 amide bonds.